The number of carbonyl (C=O) groups excluding carboxylic acids is 2. The molecule has 0 aromatic heterocycles. The van der Waals surface area contributed by atoms with E-state index in [-0.39, 0.29) is 18.5 Å². The van der Waals surface area contributed by atoms with Crippen molar-refractivity contribution in [2.45, 2.75) is 488 Å². The molecule has 2 unspecified atom stereocenters. The van der Waals surface area contributed by atoms with Gasteiger partial charge in [-0.05, 0) is 83.5 Å². The number of ether oxygens (including phenoxy) is 1. The number of rotatable bonds is 80. The molecule has 0 heterocycles. The molecule has 92 heavy (non-hydrogen) atoms. The number of unbranched alkanes of at least 4 members (excludes halogenated alkanes) is 65. The van der Waals surface area contributed by atoms with E-state index in [0.717, 1.165) is 38.5 Å². The van der Waals surface area contributed by atoms with Crippen molar-refractivity contribution < 1.29 is 24.5 Å². The summed E-state index contributed by atoms with van der Waals surface area (Å²) in [6, 6.07) is -0.625. The molecule has 0 bridgehead atoms. The molecule has 2 atom stereocenters. The number of hydrogen-bond donors (Lipinski definition) is 3. The highest BCUT2D eigenvalue weighted by Crippen LogP contribution is 2.20. The van der Waals surface area contributed by atoms with E-state index in [4.69, 9.17) is 4.74 Å². The molecular formula is C86H165NO5. The molecule has 0 aliphatic carbocycles. The molecule has 0 saturated carbocycles. The van der Waals surface area contributed by atoms with Gasteiger partial charge in [0.25, 0.3) is 0 Å². The van der Waals surface area contributed by atoms with Crippen molar-refractivity contribution in [1.29, 1.82) is 0 Å². The fourth-order valence-corrected chi connectivity index (χ4v) is 13.5. The first-order valence-corrected chi connectivity index (χ1v) is 42.3. The molecule has 0 spiro atoms. The van der Waals surface area contributed by atoms with Gasteiger partial charge in [-0.15, -0.1) is 0 Å². The third-order valence-electron chi connectivity index (χ3n) is 19.9. The van der Waals surface area contributed by atoms with E-state index in [1.807, 2.05) is 6.08 Å². The normalized spacial score (nSPS) is 12.6. The summed E-state index contributed by atoms with van der Waals surface area (Å²) in [5, 5.41) is 23.3. The van der Waals surface area contributed by atoms with Crippen LogP contribution in [-0.2, 0) is 14.3 Å². The summed E-state index contributed by atoms with van der Waals surface area (Å²) in [5.74, 6) is -0.0395. The third-order valence-corrected chi connectivity index (χ3v) is 19.9. The minimum atomic E-state index is -0.842. The molecule has 0 saturated heterocycles. The first kappa shape index (κ1) is 90.1. The van der Waals surface area contributed by atoms with Gasteiger partial charge in [0.05, 0.1) is 25.4 Å². The Balaban J connectivity index is 3.33. The highest BCUT2D eigenvalue weighted by atomic mass is 16.5. The molecule has 0 rings (SSSR count). The largest absolute Gasteiger partial charge is 0.466 e. The van der Waals surface area contributed by atoms with Gasteiger partial charge in [-0.1, -0.05) is 416 Å². The molecule has 0 fully saturated rings. The summed E-state index contributed by atoms with van der Waals surface area (Å²) in [6.07, 6.45) is 107. The Labute approximate surface area is 576 Å². The van der Waals surface area contributed by atoms with Crippen LogP contribution in [0.4, 0.5) is 0 Å². The minimum absolute atomic E-state index is 0.0198. The van der Waals surface area contributed by atoms with Crippen LogP contribution < -0.4 is 5.32 Å². The second-order valence-electron chi connectivity index (χ2n) is 29.2. The van der Waals surface area contributed by atoms with E-state index in [2.05, 4.69) is 43.5 Å². The van der Waals surface area contributed by atoms with Crippen molar-refractivity contribution in [3.63, 3.8) is 0 Å². The number of aliphatic hydroxyl groups excluding tert-OH is 2. The molecule has 544 valence electrons. The predicted molar refractivity (Wildman–Crippen MR) is 407 cm³/mol. The highest BCUT2D eigenvalue weighted by molar-refractivity contribution is 5.76. The van der Waals surface area contributed by atoms with Crippen LogP contribution in [0.15, 0.2) is 36.5 Å². The topological polar surface area (TPSA) is 95.9 Å². The second-order valence-corrected chi connectivity index (χ2v) is 29.2. The molecule has 6 heteroatoms. The Morgan fingerprint density at radius 3 is 0.772 bits per heavy atom. The van der Waals surface area contributed by atoms with Crippen molar-refractivity contribution in [2.24, 2.45) is 0 Å². The van der Waals surface area contributed by atoms with Gasteiger partial charge in [0.15, 0.2) is 0 Å². The van der Waals surface area contributed by atoms with Crippen LogP contribution in [-0.4, -0.2) is 47.4 Å². The molecule has 1 amide bonds. The van der Waals surface area contributed by atoms with Gasteiger partial charge in [-0.25, -0.2) is 0 Å². The van der Waals surface area contributed by atoms with Crippen LogP contribution in [0, 0.1) is 0 Å². The zero-order valence-electron chi connectivity index (χ0n) is 62.6. The Morgan fingerprint density at radius 2 is 0.511 bits per heavy atom. The summed E-state index contributed by atoms with van der Waals surface area (Å²) in [5.41, 5.74) is 0. The molecule has 0 aromatic carbocycles. The average molecular weight is 1290 g/mol. The van der Waals surface area contributed by atoms with E-state index in [9.17, 15) is 19.8 Å². The van der Waals surface area contributed by atoms with Gasteiger partial charge in [0.2, 0.25) is 5.91 Å². The van der Waals surface area contributed by atoms with Crippen LogP contribution in [0.25, 0.3) is 0 Å². The Morgan fingerprint density at radius 1 is 0.293 bits per heavy atom. The molecular weight excluding hydrogens is 1130 g/mol. The van der Waals surface area contributed by atoms with Crippen molar-refractivity contribution in [3.05, 3.63) is 36.5 Å². The summed E-state index contributed by atoms with van der Waals surface area (Å²) in [6.45, 7) is 4.95. The van der Waals surface area contributed by atoms with Gasteiger partial charge in [-0.3, -0.25) is 9.59 Å². The number of hydrogen-bond acceptors (Lipinski definition) is 5. The lowest BCUT2D eigenvalue weighted by molar-refractivity contribution is -0.143. The zero-order valence-corrected chi connectivity index (χ0v) is 62.6. The molecule has 6 nitrogen and oxygen atoms in total. The van der Waals surface area contributed by atoms with Crippen LogP contribution >= 0.6 is 0 Å². The maximum absolute atomic E-state index is 12.5. The molecule has 0 aliphatic rings. The Bertz CT molecular complexity index is 1490. The van der Waals surface area contributed by atoms with Gasteiger partial charge in [0, 0.05) is 12.8 Å². The van der Waals surface area contributed by atoms with E-state index >= 15 is 0 Å². The summed E-state index contributed by atoms with van der Waals surface area (Å²) in [4.78, 5) is 24.7. The van der Waals surface area contributed by atoms with Crippen LogP contribution in [0.2, 0.25) is 0 Å². The van der Waals surface area contributed by atoms with Crippen molar-refractivity contribution in [2.75, 3.05) is 13.2 Å². The summed E-state index contributed by atoms with van der Waals surface area (Å²) >= 11 is 0. The number of allylic oxidation sites excluding steroid dienone is 5. The quantitative estimate of drug-likeness (QED) is 0.0320. The number of aliphatic hydroxyl groups is 2. The van der Waals surface area contributed by atoms with E-state index in [1.54, 1.807) is 6.08 Å². The fourth-order valence-electron chi connectivity index (χ4n) is 13.5. The lowest BCUT2D eigenvalue weighted by Gasteiger charge is -2.20. The number of esters is 1. The lowest BCUT2D eigenvalue weighted by Crippen LogP contribution is -2.45. The van der Waals surface area contributed by atoms with Crippen LogP contribution in [0.3, 0.4) is 0 Å². The molecule has 0 radical (unpaired) electrons. The zero-order chi connectivity index (χ0) is 66.3. The minimum Gasteiger partial charge on any atom is -0.466 e. The van der Waals surface area contributed by atoms with Crippen molar-refractivity contribution in [1.82, 2.24) is 5.32 Å². The Kier molecular flexibility index (Phi) is 79.8. The first-order chi connectivity index (χ1) is 45.5. The number of nitrogens with one attached hydrogen (secondary N) is 1. The van der Waals surface area contributed by atoms with Gasteiger partial charge in [-0.2, -0.15) is 0 Å². The average Bonchev–Trinajstić information content (AvgIpc) is 3.56. The van der Waals surface area contributed by atoms with Crippen molar-refractivity contribution >= 4 is 11.9 Å². The van der Waals surface area contributed by atoms with Gasteiger partial charge >= 0.3 is 5.97 Å². The van der Waals surface area contributed by atoms with Gasteiger partial charge in [0.1, 0.15) is 0 Å². The highest BCUT2D eigenvalue weighted by Gasteiger charge is 2.18. The Hall–Kier alpha value is -1.92. The summed E-state index contributed by atoms with van der Waals surface area (Å²) in [7, 11) is 0. The van der Waals surface area contributed by atoms with Crippen LogP contribution in [0.5, 0.6) is 0 Å². The molecule has 0 aromatic rings. The molecule has 3 N–H and O–H groups in total. The first-order valence-electron chi connectivity index (χ1n) is 42.3. The SMILES string of the molecule is CCCCCCCC/C=C\CCCCCCCCCC(=O)OCCCCCCCCCCCCCCCCCCCC/C=C\CCCCCCCCCCCCCCCCCCCC(=O)NC(CO)C(O)/C=C/CCCCCCCCCCCCCCCCCCC. The van der Waals surface area contributed by atoms with Gasteiger partial charge < -0.3 is 20.3 Å². The molecule has 0 aliphatic heterocycles. The fraction of sp³-hybridized carbons (Fsp3) is 0.907. The monoisotopic (exact) mass is 1290 g/mol. The summed E-state index contributed by atoms with van der Waals surface area (Å²) < 4.78 is 5.51. The number of carbonyl (C=O) groups is 2. The maximum Gasteiger partial charge on any atom is 0.305 e. The lowest BCUT2D eigenvalue weighted by atomic mass is 10.0. The third kappa shape index (κ3) is 77.1. The van der Waals surface area contributed by atoms with Crippen LogP contribution in [0.1, 0.15) is 476 Å². The van der Waals surface area contributed by atoms with Crippen molar-refractivity contribution in [3.8, 4) is 0 Å². The van der Waals surface area contributed by atoms with E-state index < -0.39 is 12.1 Å². The standard InChI is InChI=1S/C86H165NO5/c1-3-5-7-9-11-13-15-17-19-21-43-47-50-54-58-62-66-70-74-78-84(89)83(82-88)87-85(90)79-75-71-67-63-59-55-51-48-44-41-39-37-35-33-31-29-27-25-23-22-24-26-28-30-32-34-36-38-40-42-45-49-53-57-61-65-69-73-77-81-92-86(91)80-76-72-68-64-60-56-52-46-20-18-16-14-12-10-8-6-4-2/h18,20,22-23,74,78,83-84,88-89H,3-17,19,21,24-73,75-77,79-82H2,1-2H3,(H,87,90)/b20-18-,23-22-,78-74+. The number of amides is 1. The predicted octanol–water partition coefficient (Wildman–Crippen LogP) is 28.2. The maximum atomic E-state index is 12.5. The van der Waals surface area contributed by atoms with E-state index in [0.29, 0.717) is 19.4 Å². The second kappa shape index (κ2) is 81.5. The smallest absolute Gasteiger partial charge is 0.305 e. The van der Waals surface area contributed by atoms with E-state index in [1.165, 1.54) is 411 Å².